The summed E-state index contributed by atoms with van der Waals surface area (Å²) < 4.78 is 21.6. The molecule has 0 fully saturated rings. The number of ether oxygens (including phenoxy) is 2. The molecule has 0 saturated heterocycles. The van der Waals surface area contributed by atoms with E-state index < -0.39 is 8.32 Å². The molecule has 0 N–H and O–H groups in total. The van der Waals surface area contributed by atoms with Crippen molar-refractivity contribution in [3.8, 4) is 0 Å². The molecule has 0 atom stereocenters. The van der Waals surface area contributed by atoms with Gasteiger partial charge in [0.25, 0.3) is 5.97 Å². The van der Waals surface area contributed by atoms with Crippen LogP contribution in [0.1, 0.15) is 53.9 Å². The van der Waals surface area contributed by atoms with Crippen molar-refractivity contribution in [2.24, 2.45) is 5.41 Å². The van der Waals surface area contributed by atoms with Crippen molar-refractivity contribution >= 4 is 24.8 Å². The minimum absolute atomic E-state index is 0.103. The molecule has 0 aromatic heterocycles. The van der Waals surface area contributed by atoms with E-state index in [1.54, 1.807) is 0 Å². The van der Waals surface area contributed by atoms with Gasteiger partial charge in [0, 0.05) is 13.2 Å². The van der Waals surface area contributed by atoms with Gasteiger partial charge in [-0.25, -0.2) is 0 Å². The van der Waals surface area contributed by atoms with E-state index in [2.05, 4.69) is 32.8 Å². The molecule has 5 nitrogen and oxygen atoms in total. The van der Waals surface area contributed by atoms with Gasteiger partial charge in [-0.05, 0) is 73.0 Å². The molecule has 0 bridgehead atoms. The molecule has 0 aromatic carbocycles. The zero-order valence-electron chi connectivity index (χ0n) is 21.5. The molecule has 0 aliphatic heterocycles. The molecule has 0 spiro atoms. The highest BCUT2D eigenvalue weighted by Crippen LogP contribution is 2.23. The van der Waals surface area contributed by atoms with Crippen LogP contribution in [0.5, 0.6) is 0 Å². The van der Waals surface area contributed by atoms with E-state index in [0.717, 1.165) is 48.6 Å². The Kier molecular flexibility index (Phi) is 18.2. The SMILES string of the molecule is C=C(C)COCCCC(C)(C)C(=O)O[SiH3].C=C(C)COCCC[Si](C)(C)OCC(=C)C. The van der Waals surface area contributed by atoms with E-state index in [-0.39, 0.29) is 11.4 Å². The van der Waals surface area contributed by atoms with Crippen molar-refractivity contribution in [1.29, 1.82) is 0 Å². The molecular weight excluding hydrogens is 424 g/mol. The van der Waals surface area contributed by atoms with Gasteiger partial charge in [-0.3, -0.25) is 4.79 Å². The highest BCUT2D eigenvalue weighted by atomic mass is 28.4. The van der Waals surface area contributed by atoms with Crippen molar-refractivity contribution in [1.82, 2.24) is 0 Å². The van der Waals surface area contributed by atoms with Crippen LogP contribution >= 0.6 is 0 Å². The summed E-state index contributed by atoms with van der Waals surface area (Å²) in [6.07, 6.45) is 2.74. The topological polar surface area (TPSA) is 54.0 Å². The van der Waals surface area contributed by atoms with Crippen molar-refractivity contribution in [3.05, 3.63) is 36.5 Å². The average Bonchev–Trinajstić information content (AvgIpc) is 2.65. The third-order valence-electron chi connectivity index (χ3n) is 4.30. The summed E-state index contributed by atoms with van der Waals surface area (Å²) >= 11 is 0. The van der Waals surface area contributed by atoms with Crippen LogP contribution in [0, 0.1) is 5.41 Å². The Morgan fingerprint density at radius 1 is 0.871 bits per heavy atom. The van der Waals surface area contributed by atoms with Crippen LogP contribution in [0.2, 0.25) is 19.1 Å². The minimum atomic E-state index is -1.51. The highest BCUT2D eigenvalue weighted by Gasteiger charge is 2.27. The molecule has 0 saturated carbocycles. The van der Waals surface area contributed by atoms with Crippen LogP contribution in [0.25, 0.3) is 0 Å². The Hall–Kier alpha value is -0.996. The lowest BCUT2D eigenvalue weighted by Gasteiger charge is -2.22. The first-order valence-corrected chi connectivity index (χ1v) is 15.0. The molecule has 0 radical (unpaired) electrons. The molecule has 0 unspecified atom stereocenters. The third-order valence-corrected chi connectivity index (χ3v) is 7.16. The number of hydrogen-bond donors (Lipinski definition) is 0. The number of hydrogen-bond acceptors (Lipinski definition) is 5. The van der Waals surface area contributed by atoms with Gasteiger partial charge in [0.15, 0.2) is 8.32 Å². The Bertz CT molecular complexity index is 556. The summed E-state index contributed by atoms with van der Waals surface area (Å²) in [6.45, 7) is 29.1. The summed E-state index contributed by atoms with van der Waals surface area (Å²) in [5, 5.41) is 0. The van der Waals surface area contributed by atoms with Crippen LogP contribution < -0.4 is 0 Å². The average molecular weight is 473 g/mol. The monoisotopic (exact) mass is 472 g/mol. The van der Waals surface area contributed by atoms with Crippen molar-refractivity contribution in [2.45, 2.75) is 73.0 Å². The Morgan fingerprint density at radius 3 is 1.74 bits per heavy atom. The van der Waals surface area contributed by atoms with Gasteiger partial charge in [0.2, 0.25) is 10.5 Å². The van der Waals surface area contributed by atoms with E-state index >= 15 is 0 Å². The van der Waals surface area contributed by atoms with Crippen molar-refractivity contribution in [3.63, 3.8) is 0 Å². The first-order valence-electron chi connectivity index (χ1n) is 11.0. The molecule has 0 amide bonds. The van der Waals surface area contributed by atoms with Crippen LogP contribution in [0.15, 0.2) is 36.5 Å². The maximum Gasteiger partial charge on any atom is 0.297 e. The van der Waals surface area contributed by atoms with Gasteiger partial charge in [-0.15, -0.1) is 0 Å². The summed E-state index contributed by atoms with van der Waals surface area (Å²) in [4.78, 5) is 11.4. The standard InChI is InChI=1S/C13H26O2Si.C11H22O3Si/c1-12(2)10-14-8-7-9-16(5,6)15-11-13(3)4;1-9(2)8-13-7-5-6-11(3,4)10(12)14-15/h1,3,7-11H2,2,4-6H3;1,5-8H2,2-4,15H3. The van der Waals surface area contributed by atoms with Crippen LogP contribution in [-0.4, -0.2) is 57.8 Å². The number of carbonyl (C=O) groups is 1. The Morgan fingerprint density at radius 2 is 1.32 bits per heavy atom. The fraction of sp³-hybridized carbons (Fsp3) is 0.708. The lowest BCUT2D eigenvalue weighted by atomic mass is 9.88. The smallest absolute Gasteiger partial charge is 0.297 e. The predicted octanol–water partition coefficient (Wildman–Crippen LogP) is 4.98. The van der Waals surface area contributed by atoms with Crippen LogP contribution in [0.3, 0.4) is 0 Å². The van der Waals surface area contributed by atoms with Gasteiger partial charge in [-0.2, -0.15) is 0 Å². The predicted molar refractivity (Wildman–Crippen MR) is 138 cm³/mol. The normalized spacial score (nSPS) is 11.5. The highest BCUT2D eigenvalue weighted by molar-refractivity contribution is 6.71. The molecule has 0 rings (SSSR count). The summed E-state index contributed by atoms with van der Waals surface area (Å²) in [5.74, 6) is -0.103. The first kappa shape index (κ1) is 32.2. The first-order chi connectivity index (χ1) is 14.2. The van der Waals surface area contributed by atoms with E-state index in [0.29, 0.717) is 36.9 Å². The largest absolute Gasteiger partial charge is 0.528 e. The third kappa shape index (κ3) is 22.0. The van der Waals surface area contributed by atoms with Crippen molar-refractivity contribution < 1.29 is 23.1 Å². The fourth-order valence-electron chi connectivity index (χ4n) is 2.48. The van der Waals surface area contributed by atoms with E-state index in [1.807, 2.05) is 34.6 Å². The number of rotatable bonds is 16. The molecule has 0 heterocycles. The van der Waals surface area contributed by atoms with E-state index in [1.165, 1.54) is 0 Å². The zero-order chi connectivity index (χ0) is 24.5. The van der Waals surface area contributed by atoms with Gasteiger partial charge in [0.05, 0.1) is 25.2 Å². The number of carbonyl (C=O) groups excluding carboxylic acids is 1. The quantitative estimate of drug-likeness (QED) is 0.180. The van der Waals surface area contributed by atoms with Crippen LogP contribution in [0.4, 0.5) is 0 Å². The lowest BCUT2D eigenvalue weighted by Crippen LogP contribution is -2.31. The fourth-order valence-corrected chi connectivity index (χ4v) is 4.81. The van der Waals surface area contributed by atoms with Gasteiger partial charge in [-0.1, -0.05) is 36.5 Å². The molecule has 7 heteroatoms. The van der Waals surface area contributed by atoms with E-state index in [4.69, 9.17) is 18.3 Å². The van der Waals surface area contributed by atoms with Crippen LogP contribution in [-0.2, 0) is 23.1 Å². The van der Waals surface area contributed by atoms with Gasteiger partial charge in [0.1, 0.15) is 0 Å². The van der Waals surface area contributed by atoms with Gasteiger partial charge >= 0.3 is 0 Å². The molecule has 0 aliphatic carbocycles. The summed E-state index contributed by atoms with van der Waals surface area (Å²) in [6, 6.07) is 1.14. The minimum Gasteiger partial charge on any atom is -0.528 e. The molecule has 182 valence electrons. The second kappa shape index (κ2) is 17.5. The molecule has 0 aliphatic rings. The summed E-state index contributed by atoms with van der Waals surface area (Å²) in [7, 11) is -1.04. The van der Waals surface area contributed by atoms with Gasteiger partial charge < -0.3 is 18.3 Å². The van der Waals surface area contributed by atoms with Crippen molar-refractivity contribution in [2.75, 3.05) is 33.0 Å². The van der Waals surface area contributed by atoms with E-state index in [9.17, 15) is 4.79 Å². The second-order valence-electron chi connectivity index (χ2n) is 9.61. The maximum atomic E-state index is 11.4. The summed E-state index contributed by atoms with van der Waals surface area (Å²) in [5.41, 5.74) is 2.82. The zero-order valence-corrected chi connectivity index (χ0v) is 24.5. The Balaban J connectivity index is 0. The molecule has 0 aromatic rings. The molecular formula is C24H48O5Si2. The maximum absolute atomic E-state index is 11.4. The lowest BCUT2D eigenvalue weighted by molar-refractivity contribution is -0.144. The Labute approximate surface area is 195 Å². The molecule has 31 heavy (non-hydrogen) atoms. The second-order valence-corrected chi connectivity index (χ2v) is 14.3.